The third-order valence-electron chi connectivity index (χ3n) is 2.48. The van der Waals surface area contributed by atoms with Crippen molar-refractivity contribution in [1.29, 1.82) is 0 Å². The van der Waals surface area contributed by atoms with Gasteiger partial charge in [0.15, 0.2) is 0 Å². The fourth-order valence-electron chi connectivity index (χ4n) is 1.55. The second kappa shape index (κ2) is 8.99. The van der Waals surface area contributed by atoms with Gasteiger partial charge in [-0.25, -0.2) is 9.59 Å². The zero-order chi connectivity index (χ0) is 17.3. The van der Waals surface area contributed by atoms with E-state index in [0.29, 0.717) is 19.0 Å². The Hall–Kier alpha value is -2.28. The van der Waals surface area contributed by atoms with E-state index in [1.807, 2.05) is 5.48 Å². The molecule has 1 rings (SSSR count). The van der Waals surface area contributed by atoms with Crippen molar-refractivity contribution in [1.82, 2.24) is 5.48 Å². The molecule has 7 heteroatoms. The highest BCUT2D eigenvalue weighted by Crippen LogP contribution is 2.13. The molecule has 23 heavy (non-hydrogen) atoms. The van der Waals surface area contributed by atoms with Gasteiger partial charge in [0.1, 0.15) is 18.0 Å². The van der Waals surface area contributed by atoms with Crippen LogP contribution in [0.3, 0.4) is 0 Å². The zero-order valence-electron chi connectivity index (χ0n) is 13.9. The van der Waals surface area contributed by atoms with E-state index in [4.69, 9.17) is 14.2 Å². The van der Waals surface area contributed by atoms with Crippen molar-refractivity contribution in [2.75, 3.05) is 20.3 Å². The number of ether oxygens (including phenoxy) is 3. The van der Waals surface area contributed by atoms with E-state index in [0.717, 1.165) is 5.56 Å². The first kappa shape index (κ1) is 18.8. The number of hydrogen-bond donors (Lipinski definition) is 1. The van der Waals surface area contributed by atoms with Crippen molar-refractivity contribution in [3.63, 3.8) is 0 Å². The van der Waals surface area contributed by atoms with Gasteiger partial charge in [0.05, 0.1) is 13.0 Å². The Kier molecular flexibility index (Phi) is 7.34. The molecule has 0 radical (unpaired) electrons. The predicted molar refractivity (Wildman–Crippen MR) is 83.0 cm³/mol. The summed E-state index contributed by atoms with van der Waals surface area (Å²) in [6.07, 6.45) is -0.790. The maximum absolute atomic E-state index is 11.6. The molecule has 0 aliphatic carbocycles. The van der Waals surface area contributed by atoms with Gasteiger partial charge in [-0.15, -0.1) is 5.48 Å². The summed E-state index contributed by atoms with van der Waals surface area (Å²) in [7, 11) is 1.60. The van der Waals surface area contributed by atoms with E-state index in [-0.39, 0.29) is 6.42 Å². The van der Waals surface area contributed by atoms with Crippen LogP contribution < -0.4 is 10.2 Å². The quantitative estimate of drug-likeness (QED) is 0.638. The summed E-state index contributed by atoms with van der Waals surface area (Å²) < 4.78 is 15.2. The lowest BCUT2D eigenvalue weighted by atomic mass is 10.1. The van der Waals surface area contributed by atoms with Crippen LogP contribution in [0.2, 0.25) is 0 Å². The number of benzene rings is 1. The molecule has 1 N–H and O–H groups in total. The van der Waals surface area contributed by atoms with Crippen LogP contribution in [0.1, 0.15) is 26.3 Å². The maximum Gasteiger partial charge on any atom is 0.441 e. The number of rotatable bonds is 6. The van der Waals surface area contributed by atoms with Gasteiger partial charge >= 0.3 is 12.1 Å². The van der Waals surface area contributed by atoms with Gasteiger partial charge in [-0.1, -0.05) is 12.1 Å². The molecule has 0 saturated carbocycles. The summed E-state index contributed by atoms with van der Waals surface area (Å²) in [4.78, 5) is 27.6. The molecule has 1 amide bonds. The lowest BCUT2D eigenvalue weighted by Crippen LogP contribution is -2.34. The van der Waals surface area contributed by atoms with Crippen LogP contribution in [0, 0.1) is 0 Å². The van der Waals surface area contributed by atoms with Crippen molar-refractivity contribution >= 4 is 12.1 Å². The largest absolute Gasteiger partial charge is 0.491 e. The maximum atomic E-state index is 11.6. The highest BCUT2D eigenvalue weighted by molar-refractivity contribution is 5.75. The molecule has 0 aliphatic rings. The third-order valence-corrected chi connectivity index (χ3v) is 2.48. The van der Waals surface area contributed by atoms with Crippen molar-refractivity contribution in [2.45, 2.75) is 32.8 Å². The zero-order valence-corrected chi connectivity index (χ0v) is 13.9. The van der Waals surface area contributed by atoms with Crippen molar-refractivity contribution in [2.24, 2.45) is 0 Å². The van der Waals surface area contributed by atoms with Crippen LogP contribution in [0.25, 0.3) is 0 Å². The van der Waals surface area contributed by atoms with Gasteiger partial charge in [-0.05, 0) is 38.5 Å². The SMILES string of the molecule is COCCOc1ccc(CC(=O)ONC(=O)OC(C)(C)C)cc1. The second-order valence-corrected chi connectivity index (χ2v) is 5.74. The number of carbonyl (C=O) groups is 2. The summed E-state index contributed by atoms with van der Waals surface area (Å²) in [5, 5.41) is 0. The van der Waals surface area contributed by atoms with E-state index >= 15 is 0 Å². The molecule has 0 atom stereocenters. The van der Waals surface area contributed by atoms with Crippen molar-refractivity contribution in [3.05, 3.63) is 29.8 Å². The van der Waals surface area contributed by atoms with E-state index in [2.05, 4.69) is 4.84 Å². The topological polar surface area (TPSA) is 83.1 Å². The first-order chi connectivity index (χ1) is 10.8. The number of carbonyl (C=O) groups excluding carboxylic acids is 2. The van der Waals surface area contributed by atoms with Gasteiger partial charge in [0.2, 0.25) is 0 Å². The number of nitrogens with one attached hydrogen (secondary N) is 1. The molecule has 0 aliphatic heterocycles. The van der Waals surface area contributed by atoms with E-state index in [1.54, 1.807) is 52.1 Å². The predicted octanol–water partition coefficient (Wildman–Crippen LogP) is 2.24. The van der Waals surface area contributed by atoms with Crippen molar-refractivity contribution in [3.8, 4) is 5.75 Å². The standard InChI is InChI=1S/C16H23NO6/c1-16(2,3)22-15(19)17-23-14(18)11-12-5-7-13(8-6-12)21-10-9-20-4/h5-8H,9-11H2,1-4H3,(H,17,19). The normalized spacial score (nSPS) is 10.8. The molecule has 0 saturated heterocycles. The fourth-order valence-corrected chi connectivity index (χ4v) is 1.55. The van der Waals surface area contributed by atoms with Crippen LogP contribution in [0.5, 0.6) is 5.75 Å². The Balaban J connectivity index is 2.35. The first-order valence-electron chi connectivity index (χ1n) is 7.19. The van der Waals surface area contributed by atoms with E-state index in [1.165, 1.54) is 0 Å². The highest BCUT2D eigenvalue weighted by Gasteiger charge is 2.17. The van der Waals surface area contributed by atoms with E-state index in [9.17, 15) is 9.59 Å². The van der Waals surface area contributed by atoms with Crippen molar-refractivity contribution < 1.29 is 28.6 Å². The fraction of sp³-hybridized carbons (Fsp3) is 0.500. The molecule has 1 aromatic carbocycles. The Bertz CT molecular complexity index is 506. The molecule has 0 bridgehead atoms. The van der Waals surface area contributed by atoms with Gasteiger partial charge in [0.25, 0.3) is 0 Å². The highest BCUT2D eigenvalue weighted by atomic mass is 16.7. The molecule has 128 valence electrons. The lowest BCUT2D eigenvalue weighted by Gasteiger charge is -2.19. The molecule has 0 spiro atoms. The van der Waals surface area contributed by atoms with Crippen LogP contribution in [-0.4, -0.2) is 38.0 Å². The smallest absolute Gasteiger partial charge is 0.441 e. The number of hydrogen-bond acceptors (Lipinski definition) is 6. The minimum absolute atomic E-state index is 0.0220. The Morgan fingerprint density at radius 1 is 1.09 bits per heavy atom. The van der Waals surface area contributed by atoms with Crippen LogP contribution >= 0.6 is 0 Å². The van der Waals surface area contributed by atoms with Gasteiger partial charge in [-0.3, -0.25) is 0 Å². The number of methoxy groups -OCH3 is 1. The molecular weight excluding hydrogens is 302 g/mol. The molecular formula is C16H23NO6. The average molecular weight is 325 g/mol. The third kappa shape index (κ3) is 8.67. The van der Waals surface area contributed by atoms with Crippen LogP contribution in [0.15, 0.2) is 24.3 Å². The summed E-state index contributed by atoms with van der Waals surface area (Å²) >= 11 is 0. The van der Waals surface area contributed by atoms with Crippen LogP contribution in [-0.2, 0) is 25.5 Å². The summed E-state index contributed by atoms with van der Waals surface area (Å²) in [6, 6.07) is 6.99. The molecule has 0 unspecified atom stereocenters. The Morgan fingerprint density at radius 2 is 1.74 bits per heavy atom. The van der Waals surface area contributed by atoms with Gasteiger partial charge in [-0.2, -0.15) is 0 Å². The molecule has 7 nitrogen and oxygen atoms in total. The number of hydroxylamine groups is 1. The molecule has 0 heterocycles. The van der Waals surface area contributed by atoms with Gasteiger partial charge in [0, 0.05) is 7.11 Å². The minimum Gasteiger partial charge on any atom is -0.491 e. The minimum atomic E-state index is -0.812. The summed E-state index contributed by atoms with van der Waals surface area (Å²) in [5.41, 5.74) is 2.03. The summed E-state index contributed by atoms with van der Waals surface area (Å²) in [5.74, 6) is 0.0926. The van der Waals surface area contributed by atoms with E-state index < -0.39 is 17.7 Å². The molecule has 0 fully saturated rings. The first-order valence-corrected chi connectivity index (χ1v) is 7.19. The molecule has 0 aromatic heterocycles. The summed E-state index contributed by atoms with van der Waals surface area (Å²) in [6.45, 7) is 6.10. The second-order valence-electron chi connectivity index (χ2n) is 5.74. The Labute approximate surface area is 135 Å². The average Bonchev–Trinajstić information content (AvgIpc) is 2.45. The monoisotopic (exact) mass is 325 g/mol. The number of amides is 1. The van der Waals surface area contributed by atoms with Crippen LogP contribution in [0.4, 0.5) is 4.79 Å². The lowest BCUT2D eigenvalue weighted by molar-refractivity contribution is -0.149. The Morgan fingerprint density at radius 3 is 2.30 bits per heavy atom. The molecule has 1 aromatic rings. The van der Waals surface area contributed by atoms with Gasteiger partial charge < -0.3 is 19.0 Å².